The molecule has 0 bridgehead atoms. The van der Waals surface area contributed by atoms with E-state index < -0.39 is 0 Å². The summed E-state index contributed by atoms with van der Waals surface area (Å²) in [6.45, 7) is 6.72. The summed E-state index contributed by atoms with van der Waals surface area (Å²) in [5.41, 5.74) is 6.89. The molecule has 0 aromatic heterocycles. The second-order valence-corrected chi connectivity index (χ2v) is 5.42. The Bertz CT molecular complexity index is 408. The van der Waals surface area contributed by atoms with Crippen LogP contribution >= 0.6 is 0 Å². The molecule has 4 heteroatoms. The molecule has 4 nitrogen and oxygen atoms in total. The highest BCUT2D eigenvalue weighted by atomic mass is 15.1. The number of hydrogen-bond acceptors (Lipinski definition) is 2. The number of nitrogens with one attached hydrogen (secondary N) is 1. The minimum atomic E-state index is 0.516. The van der Waals surface area contributed by atoms with Crippen LogP contribution in [0.5, 0.6) is 0 Å². The first kappa shape index (κ1) is 14.9. The number of anilines is 1. The van der Waals surface area contributed by atoms with E-state index in [9.17, 15) is 0 Å². The third-order valence-corrected chi connectivity index (χ3v) is 4.02. The van der Waals surface area contributed by atoms with E-state index in [0.717, 1.165) is 24.6 Å². The summed E-state index contributed by atoms with van der Waals surface area (Å²) in [4.78, 5) is 6.94. The molecule has 1 fully saturated rings. The Labute approximate surface area is 122 Å². The highest BCUT2D eigenvalue weighted by molar-refractivity contribution is 5.92. The van der Waals surface area contributed by atoms with Gasteiger partial charge in [0.05, 0.1) is 0 Å². The molecule has 1 aliphatic rings. The van der Waals surface area contributed by atoms with Crippen LogP contribution in [0.15, 0.2) is 35.3 Å². The quantitative estimate of drug-likeness (QED) is 0.641. The number of nitrogens with zero attached hydrogens (tertiary/aromatic N) is 2. The maximum absolute atomic E-state index is 5.90. The van der Waals surface area contributed by atoms with Gasteiger partial charge in [0, 0.05) is 12.2 Å². The smallest absolute Gasteiger partial charge is 0.193 e. The van der Waals surface area contributed by atoms with Gasteiger partial charge in [0.15, 0.2) is 5.96 Å². The number of rotatable bonds is 5. The van der Waals surface area contributed by atoms with Gasteiger partial charge in [-0.15, -0.1) is 0 Å². The predicted molar refractivity (Wildman–Crippen MR) is 86.0 cm³/mol. The van der Waals surface area contributed by atoms with E-state index >= 15 is 0 Å². The monoisotopic (exact) mass is 274 g/mol. The predicted octanol–water partition coefficient (Wildman–Crippen LogP) is 2.54. The van der Waals surface area contributed by atoms with Crippen molar-refractivity contribution in [2.24, 2.45) is 16.6 Å². The molecule has 1 saturated heterocycles. The fourth-order valence-electron chi connectivity index (χ4n) is 2.67. The van der Waals surface area contributed by atoms with Crippen LogP contribution in [0.1, 0.15) is 26.2 Å². The minimum absolute atomic E-state index is 0.516. The van der Waals surface area contributed by atoms with Crippen LogP contribution in [0.25, 0.3) is 0 Å². The van der Waals surface area contributed by atoms with Crippen LogP contribution in [-0.2, 0) is 0 Å². The lowest BCUT2D eigenvalue weighted by Gasteiger charge is -2.30. The molecule has 20 heavy (non-hydrogen) atoms. The molecule has 0 unspecified atom stereocenters. The highest BCUT2D eigenvalue weighted by Crippen LogP contribution is 2.20. The molecule has 3 N–H and O–H groups in total. The Morgan fingerprint density at radius 2 is 2.00 bits per heavy atom. The Kier molecular flexibility index (Phi) is 5.87. The van der Waals surface area contributed by atoms with Gasteiger partial charge < -0.3 is 16.0 Å². The van der Waals surface area contributed by atoms with Crippen LogP contribution in [0.4, 0.5) is 5.69 Å². The molecular weight excluding hydrogens is 248 g/mol. The summed E-state index contributed by atoms with van der Waals surface area (Å²) in [6, 6.07) is 9.93. The largest absolute Gasteiger partial charge is 0.370 e. The number of nitrogens with two attached hydrogens (primary N) is 1. The van der Waals surface area contributed by atoms with E-state index in [1.165, 1.54) is 32.5 Å². The molecule has 2 rings (SSSR count). The van der Waals surface area contributed by atoms with Gasteiger partial charge >= 0.3 is 0 Å². The van der Waals surface area contributed by atoms with E-state index in [1.54, 1.807) is 0 Å². The van der Waals surface area contributed by atoms with E-state index in [1.807, 2.05) is 30.3 Å². The first-order valence-electron chi connectivity index (χ1n) is 7.62. The number of hydrogen-bond donors (Lipinski definition) is 2. The molecule has 0 amide bonds. The second kappa shape index (κ2) is 7.90. The van der Waals surface area contributed by atoms with Crippen LogP contribution < -0.4 is 11.1 Å². The second-order valence-electron chi connectivity index (χ2n) is 5.42. The number of aliphatic imine (C=N–C) groups is 1. The number of likely N-dealkylation sites (tertiary alicyclic amines) is 1. The first-order chi connectivity index (χ1) is 9.78. The molecule has 0 saturated carbocycles. The molecule has 1 aromatic carbocycles. The van der Waals surface area contributed by atoms with Crippen molar-refractivity contribution in [3.05, 3.63) is 30.3 Å². The average molecular weight is 274 g/mol. The van der Waals surface area contributed by atoms with E-state index in [0.29, 0.717) is 5.96 Å². The van der Waals surface area contributed by atoms with E-state index in [-0.39, 0.29) is 0 Å². The van der Waals surface area contributed by atoms with Crippen molar-refractivity contribution in [2.75, 3.05) is 31.5 Å². The number of para-hydroxylation sites is 1. The summed E-state index contributed by atoms with van der Waals surface area (Å²) in [7, 11) is 0. The number of guanidine groups is 1. The highest BCUT2D eigenvalue weighted by Gasteiger charge is 2.17. The van der Waals surface area contributed by atoms with Gasteiger partial charge in [0.1, 0.15) is 0 Å². The van der Waals surface area contributed by atoms with Crippen molar-refractivity contribution in [3.8, 4) is 0 Å². The Hall–Kier alpha value is -1.55. The van der Waals surface area contributed by atoms with E-state index in [4.69, 9.17) is 5.73 Å². The lowest BCUT2D eigenvalue weighted by Crippen LogP contribution is -2.33. The summed E-state index contributed by atoms with van der Waals surface area (Å²) in [5, 5.41) is 3.12. The van der Waals surface area contributed by atoms with Crippen molar-refractivity contribution in [2.45, 2.75) is 26.2 Å². The molecule has 110 valence electrons. The van der Waals surface area contributed by atoms with E-state index in [2.05, 4.69) is 22.1 Å². The average Bonchev–Trinajstić information content (AvgIpc) is 2.49. The molecule has 1 heterocycles. The molecule has 0 radical (unpaired) electrons. The van der Waals surface area contributed by atoms with Gasteiger partial charge in [-0.25, -0.2) is 0 Å². The Balaban J connectivity index is 1.68. The van der Waals surface area contributed by atoms with Crippen LogP contribution in [-0.4, -0.2) is 37.0 Å². The van der Waals surface area contributed by atoms with Crippen LogP contribution in [0.3, 0.4) is 0 Å². The third kappa shape index (κ3) is 4.85. The van der Waals surface area contributed by atoms with Gasteiger partial charge in [0.25, 0.3) is 0 Å². The zero-order valence-electron chi connectivity index (χ0n) is 12.4. The van der Waals surface area contributed by atoms with Gasteiger partial charge in [-0.3, -0.25) is 4.99 Å². The van der Waals surface area contributed by atoms with Gasteiger partial charge in [-0.1, -0.05) is 25.1 Å². The summed E-state index contributed by atoms with van der Waals surface area (Å²) in [5.74, 6) is 1.33. The maximum Gasteiger partial charge on any atom is 0.193 e. The molecule has 0 atom stereocenters. The first-order valence-corrected chi connectivity index (χ1v) is 7.62. The van der Waals surface area contributed by atoms with Crippen LogP contribution in [0.2, 0.25) is 0 Å². The molecule has 1 aromatic rings. The third-order valence-electron chi connectivity index (χ3n) is 4.02. The summed E-state index contributed by atoms with van der Waals surface area (Å²) < 4.78 is 0. The fourth-order valence-corrected chi connectivity index (χ4v) is 2.67. The van der Waals surface area contributed by atoms with Crippen LogP contribution in [0, 0.1) is 5.92 Å². The topological polar surface area (TPSA) is 53.6 Å². The molecule has 0 aliphatic carbocycles. The zero-order valence-corrected chi connectivity index (χ0v) is 12.4. The SMILES string of the molecule is CCN1CCC(CCN=C(N)Nc2ccccc2)CC1. The van der Waals surface area contributed by atoms with Crippen molar-refractivity contribution in [3.63, 3.8) is 0 Å². The maximum atomic E-state index is 5.90. The molecule has 0 spiro atoms. The van der Waals surface area contributed by atoms with Crippen molar-refractivity contribution in [1.82, 2.24) is 4.90 Å². The summed E-state index contributed by atoms with van der Waals surface area (Å²) in [6.07, 6.45) is 3.75. The molecule has 1 aliphatic heterocycles. The molecular formula is C16H26N4. The van der Waals surface area contributed by atoms with Gasteiger partial charge in [0.2, 0.25) is 0 Å². The fraction of sp³-hybridized carbons (Fsp3) is 0.562. The number of piperidine rings is 1. The van der Waals surface area contributed by atoms with Crippen molar-refractivity contribution in [1.29, 1.82) is 0 Å². The van der Waals surface area contributed by atoms with Crippen molar-refractivity contribution < 1.29 is 0 Å². The summed E-state index contributed by atoms with van der Waals surface area (Å²) >= 11 is 0. The zero-order chi connectivity index (χ0) is 14.2. The van der Waals surface area contributed by atoms with Gasteiger partial charge in [-0.05, 0) is 56.9 Å². The Morgan fingerprint density at radius 1 is 1.30 bits per heavy atom. The van der Waals surface area contributed by atoms with Crippen molar-refractivity contribution >= 4 is 11.6 Å². The Morgan fingerprint density at radius 3 is 2.65 bits per heavy atom. The number of benzene rings is 1. The normalized spacial score (nSPS) is 18.1. The standard InChI is InChI=1S/C16H26N4/c1-2-20-12-9-14(10-13-20)8-11-18-16(17)19-15-6-4-3-5-7-15/h3-7,14H,2,8-13H2,1H3,(H3,17,18,19). The minimum Gasteiger partial charge on any atom is -0.370 e. The lowest BCUT2D eigenvalue weighted by molar-refractivity contribution is 0.188. The van der Waals surface area contributed by atoms with Gasteiger partial charge in [-0.2, -0.15) is 0 Å². The lowest BCUT2D eigenvalue weighted by atomic mass is 9.94.